The number of hydrogen-bond acceptors (Lipinski definition) is 3. The first-order valence-electron chi connectivity index (χ1n) is 7.67. The van der Waals surface area contributed by atoms with Gasteiger partial charge in [0.05, 0.1) is 12.1 Å². The van der Waals surface area contributed by atoms with Crippen molar-refractivity contribution in [2.75, 3.05) is 11.4 Å². The van der Waals surface area contributed by atoms with Gasteiger partial charge in [-0.1, -0.05) is 28.1 Å². The second-order valence-electron chi connectivity index (χ2n) is 5.67. The summed E-state index contributed by atoms with van der Waals surface area (Å²) < 4.78 is 13.9. The van der Waals surface area contributed by atoms with E-state index in [-0.39, 0.29) is 30.6 Å². The summed E-state index contributed by atoms with van der Waals surface area (Å²) in [5, 5.41) is 3.93. The van der Waals surface area contributed by atoms with Crippen LogP contribution in [-0.2, 0) is 9.59 Å². The zero-order valence-corrected chi connectivity index (χ0v) is 14.7. The smallest absolute Gasteiger partial charge is 0.245 e. The number of rotatable bonds is 4. The zero-order valence-electron chi connectivity index (χ0n) is 13.2. The quantitative estimate of drug-likeness (QED) is 0.629. The summed E-state index contributed by atoms with van der Waals surface area (Å²) in [5.41, 5.74) is 3.90. The fourth-order valence-corrected chi connectivity index (χ4v) is 2.83. The molecule has 0 unspecified atom stereocenters. The van der Waals surface area contributed by atoms with Crippen molar-refractivity contribution in [3.05, 3.63) is 64.4 Å². The van der Waals surface area contributed by atoms with Gasteiger partial charge in [-0.2, -0.15) is 5.10 Å². The molecular weight excluding hydrogens is 389 g/mol. The molecule has 0 aromatic heterocycles. The lowest BCUT2D eigenvalue weighted by Crippen LogP contribution is -2.30. The summed E-state index contributed by atoms with van der Waals surface area (Å²) in [6, 6.07) is 13.1. The molecule has 3 rings (SSSR count). The van der Waals surface area contributed by atoms with E-state index in [9.17, 15) is 14.0 Å². The first kappa shape index (κ1) is 17.3. The van der Waals surface area contributed by atoms with Gasteiger partial charge in [0, 0.05) is 23.1 Å². The number of nitrogens with zero attached hydrogens (tertiary/aromatic N) is 2. The average molecular weight is 404 g/mol. The molecule has 0 radical (unpaired) electrons. The molecule has 0 saturated carbocycles. The second kappa shape index (κ2) is 7.57. The molecule has 0 spiro atoms. The Bertz CT molecular complexity index is 806. The van der Waals surface area contributed by atoms with Crippen LogP contribution in [0.5, 0.6) is 0 Å². The lowest BCUT2D eigenvalue weighted by Gasteiger charge is -2.16. The van der Waals surface area contributed by atoms with Gasteiger partial charge in [0.15, 0.2) is 0 Å². The molecule has 1 aliphatic rings. The fraction of sp³-hybridized carbons (Fsp3) is 0.167. The van der Waals surface area contributed by atoms with Gasteiger partial charge in [0.1, 0.15) is 5.82 Å². The number of hydrogen-bond donors (Lipinski definition) is 1. The first-order valence-corrected chi connectivity index (χ1v) is 8.46. The van der Waals surface area contributed by atoms with E-state index in [2.05, 4.69) is 26.5 Å². The third kappa shape index (κ3) is 4.30. The van der Waals surface area contributed by atoms with Crippen molar-refractivity contribution in [2.24, 2.45) is 11.0 Å². The number of nitrogens with one attached hydrogen (secondary N) is 1. The Labute approximate surface area is 152 Å². The van der Waals surface area contributed by atoms with Crippen LogP contribution in [0.25, 0.3) is 0 Å². The van der Waals surface area contributed by atoms with E-state index >= 15 is 0 Å². The van der Waals surface area contributed by atoms with Crippen LogP contribution in [0, 0.1) is 11.7 Å². The monoisotopic (exact) mass is 403 g/mol. The molecule has 7 heteroatoms. The Balaban J connectivity index is 1.59. The lowest BCUT2D eigenvalue weighted by molar-refractivity contribution is -0.126. The van der Waals surface area contributed by atoms with Crippen LogP contribution in [0.3, 0.4) is 0 Å². The molecule has 2 aromatic carbocycles. The van der Waals surface area contributed by atoms with E-state index < -0.39 is 5.92 Å². The molecule has 2 amide bonds. The topological polar surface area (TPSA) is 61.8 Å². The predicted octanol–water partition coefficient (Wildman–Crippen LogP) is 3.09. The maximum Gasteiger partial charge on any atom is 0.245 e. The minimum Gasteiger partial charge on any atom is -0.312 e. The van der Waals surface area contributed by atoms with Crippen LogP contribution < -0.4 is 10.3 Å². The van der Waals surface area contributed by atoms with Gasteiger partial charge in [0.2, 0.25) is 11.8 Å². The number of hydrazone groups is 1. The Hall–Kier alpha value is -2.54. The number of amides is 2. The van der Waals surface area contributed by atoms with Gasteiger partial charge >= 0.3 is 0 Å². The van der Waals surface area contributed by atoms with Gasteiger partial charge in [-0.05, 0) is 42.0 Å². The molecule has 1 saturated heterocycles. The molecule has 1 aliphatic heterocycles. The molecule has 1 fully saturated rings. The van der Waals surface area contributed by atoms with Crippen LogP contribution in [0.2, 0.25) is 0 Å². The summed E-state index contributed by atoms with van der Waals surface area (Å²) in [4.78, 5) is 25.8. The molecule has 5 nitrogen and oxygen atoms in total. The second-order valence-corrected chi connectivity index (χ2v) is 6.58. The maximum absolute atomic E-state index is 13.0. The highest BCUT2D eigenvalue weighted by Crippen LogP contribution is 2.25. The molecule has 25 heavy (non-hydrogen) atoms. The number of carbonyl (C=O) groups is 2. The highest BCUT2D eigenvalue weighted by Gasteiger charge is 2.35. The SMILES string of the molecule is O=C(NN=Cc1ccc(Br)cc1)[C@H]1CC(=O)N(c2ccc(F)cc2)C1. The van der Waals surface area contributed by atoms with Gasteiger partial charge in [-0.15, -0.1) is 0 Å². The molecule has 1 atom stereocenters. The van der Waals surface area contributed by atoms with Crippen molar-refractivity contribution in [3.63, 3.8) is 0 Å². The van der Waals surface area contributed by atoms with E-state index in [0.717, 1.165) is 10.0 Å². The Kier molecular flexibility index (Phi) is 5.23. The van der Waals surface area contributed by atoms with E-state index in [0.29, 0.717) is 5.69 Å². The summed E-state index contributed by atoms with van der Waals surface area (Å²) in [5.74, 6) is -1.33. The predicted molar refractivity (Wildman–Crippen MR) is 96.7 cm³/mol. The normalized spacial score (nSPS) is 17.3. The summed E-state index contributed by atoms with van der Waals surface area (Å²) in [6.45, 7) is 0.254. The van der Waals surface area contributed by atoms with Crippen molar-refractivity contribution >= 4 is 39.6 Å². The van der Waals surface area contributed by atoms with Crippen molar-refractivity contribution in [3.8, 4) is 0 Å². The number of carbonyl (C=O) groups excluding carboxylic acids is 2. The van der Waals surface area contributed by atoms with Crippen LogP contribution >= 0.6 is 15.9 Å². The van der Waals surface area contributed by atoms with E-state index in [1.54, 1.807) is 6.21 Å². The minimum atomic E-state index is -0.486. The van der Waals surface area contributed by atoms with Crippen molar-refractivity contribution in [2.45, 2.75) is 6.42 Å². The third-order valence-electron chi connectivity index (χ3n) is 3.89. The molecule has 2 aromatic rings. The molecule has 0 bridgehead atoms. The minimum absolute atomic E-state index is 0.108. The Morgan fingerprint density at radius 1 is 1.20 bits per heavy atom. The van der Waals surface area contributed by atoms with Crippen molar-refractivity contribution in [1.82, 2.24) is 5.43 Å². The van der Waals surface area contributed by atoms with Gasteiger partial charge in [-0.25, -0.2) is 9.82 Å². The zero-order chi connectivity index (χ0) is 17.8. The molecule has 1 N–H and O–H groups in total. The number of benzene rings is 2. The van der Waals surface area contributed by atoms with Crippen LogP contribution in [-0.4, -0.2) is 24.6 Å². The largest absolute Gasteiger partial charge is 0.312 e. The van der Waals surface area contributed by atoms with Crippen LogP contribution in [0.1, 0.15) is 12.0 Å². The average Bonchev–Trinajstić information content (AvgIpc) is 2.99. The molecular formula is C18H15BrFN3O2. The summed E-state index contributed by atoms with van der Waals surface area (Å²) in [7, 11) is 0. The van der Waals surface area contributed by atoms with E-state index in [1.807, 2.05) is 24.3 Å². The van der Waals surface area contributed by atoms with Gasteiger partial charge in [-0.3, -0.25) is 9.59 Å². The summed E-state index contributed by atoms with van der Waals surface area (Å²) in [6.07, 6.45) is 1.65. The van der Waals surface area contributed by atoms with Crippen LogP contribution in [0.4, 0.5) is 10.1 Å². The number of anilines is 1. The first-order chi connectivity index (χ1) is 12.0. The summed E-state index contributed by atoms with van der Waals surface area (Å²) >= 11 is 3.34. The maximum atomic E-state index is 13.0. The Morgan fingerprint density at radius 2 is 1.88 bits per heavy atom. The van der Waals surface area contributed by atoms with Gasteiger partial charge in [0.25, 0.3) is 0 Å². The fourth-order valence-electron chi connectivity index (χ4n) is 2.56. The van der Waals surface area contributed by atoms with Gasteiger partial charge < -0.3 is 4.90 Å². The van der Waals surface area contributed by atoms with Crippen LogP contribution in [0.15, 0.2) is 58.1 Å². The Morgan fingerprint density at radius 3 is 2.56 bits per heavy atom. The van der Waals surface area contributed by atoms with Crippen molar-refractivity contribution < 1.29 is 14.0 Å². The molecule has 1 heterocycles. The molecule has 128 valence electrons. The number of halogens is 2. The molecule has 0 aliphatic carbocycles. The highest BCUT2D eigenvalue weighted by molar-refractivity contribution is 9.10. The lowest BCUT2D eigenvalue weighted by atomic mass is 10.1. The van der Waals surface area contributed by atoms with Crippen molar-refractivity contribution in [1.29, 1.82) is 0 Å². The van der Waals surface area contributed by atoms with E-state index in [1.165, 1.54) is 29.2 Å². The van der Waals surface area contributed by atoms with E-state index in [4.69, 9.17) is 0 Å². The standard InChI is InChI=1S/C18H15BrFN3O2/c19-14-3-1-12(2-4-14)10-21-22-18(25)13-9-17(24)23(11-13)16-7-5-15(20)6-8-16/h1-8,10,13H,9,11H2,(H,22,25)/t13-/m0/s1. The highest BCUT2D eigenvalue weighted by atomic mass is 79.9. The third-order valence-corrected chi connectivity index (χ3v) is 4.42.